The van der Waals surface area contributed by atoms with Crippen molar-refractivity contribution >= 4 is 23.4 Å². The van der Waals surface area contributed by atoms with Crippen LogP contribution in [0.4, 0.5) is 13.2 Å². The smallest absolute Gasteiger partial charge is 0.417 e. The van der Waals surface area contributed by atoms with E-state index in [0.717, 1.165) is 12.1 Å². The van der Waals surface area contributed by atoms with Crippen molar-refractivity contribution < 1.29 is 27.9 Å². The predicted octanol–water partition coefficient (Wildman–Crippen LogP) is 4.68. The van der Waals surface area contributed by atoms with Crippen LogP contribution in [0, 0.1) is 0 Å². The van der Waals surface area contributed by atoms with Gasteiger partial charge in [0.05, 0.1) is 10.6 Å². The minimum Gasteiger partial charge on any atom is -0.481 e. The Hall–Kier alpha value is -2.34. The molecular formula is C16H10ClF3O3. The number of hydrogen-bond donors (Lipinski definition) is 1. The third-order valence-corrected chi connectivity index (χ3v) is 3.44. The van der Waals surface area contributed by atoms with Crippen LogP contribution in [0.3, 0.4) is 0 Å². The van der Waals surface area contributed by atoms with Gasteiger partial charge in [-0.15, -0.1) is 0 Å². The molecule has 120 valence electrons. The number of halogens is 4. The third kappa shape index (κ3) is 3.90. The van der Waals surface area contributed by atoms with E-state index in [0.29, 0.717) is 11.1 Å². The first-order valence-corrected chi connectivity index (χ1v) is 6.79. The molecule has 0 bridgehead atoms. The number of hydrogen-bond acceptors (Lipinski definition) is 2. The van der Waals surface area contributed by atoms with E-state index in [1.54, 1.807) is 12.1 Å². The highest BCUT2D eigenvalue weighted by Crippen LogP contribution is 2.37. The summed E-state index contributed by atoms with van der Waals surface area (Å²) < 4.78 is 38.2. The summed E-state index contributed by atoms with van der Waals surface area (Å²) in [4.78, 5) is 22.6. The minimum atomic E-state index is -4.58. The molecule has 0 amide bonds. The van der Waals surface area contributed by atoms with Crippen LogP contribution >= 0.6 is 11.6 Å². The zero-order chi connectivity index (χ0) is 17.2. The molecule has 0 aromatic heterocycles. The lowest BCUT2D eigenvalue weighted by Gasteiger charge is -2.12. The normalized spacial score (nSPS) is 11.3. The Morgan fingerprint density at radius 3 is 2.30 bits per heavy atom. The second-order valence-corrected chi connectivity index (χ2v) is 5.14. The number of carbonyl (C=O) groups excluding carboxylic acids is 1. The van der Waals surface area contributed by atoms with Crippen molar-refractivity contribution in [3.63, 3.8) is 0 Å². The SMILES string of the molecule is O=C(O)CC(=O)c1ccccc1-c1ccc(C(F)(F)F)c(Cl)c1. The molecule has 0 spiro atoms. The highest BCUT2D eigenvalue weighted by Gasteiger charge is 2.33. The Balaban J connectivity index is 2.49. The molecular weight excluding hydrogens is 333 g/mol. The number of Topliss-reactive ketones (excluding diaryl/α,β-unsaturated/α-hetero) is 1. The van der Waals surface area contributed by atoms with Crippen LogP contribution in [0.25, 0.3) is 11.1 Å². The zero-order valence-corrected chi connectivity index (χ0v) is 12.3. The van der Waals surface area contributed by atoms with Gasteiger partial charge < -0.3 is 5.11 Å². The van der Waals surface area contributed by atoms with Gasteiger partial charge in [-0.3, -0.25) is 9.59 Å². The Bertz CT molecular complexity index is 769. The summed E-state index contributed by atoms with van der Waals surface area (Å²) in [6.07, 6.45) is -5.28. The molecule has 0 aliphatic heterocycles. The minimum absolute atomic E-state index is 0.116. The molecule has 0 saturated heterocycles. The first-order valence-electron chi connectivity index (χ1n) is 6.41. The molecule has 2 rings (SSSR count). The molecule has 1 N–H and O–H groups in total. The van der Waals surface area contributed by atoms with Crippen molar-refractivity contribution in [2.75, 3.05) is 0 Å². The molecule has 0 aliphatic carbocycles. The summed E-state index contributed by atoms with van der Waals surface area (Å²) >= 11 is 5.68. The average molecular weight is 343 g/mol. The van der Waals surface area contributed by atoms with E-state index in [4.69, 9.17) is 16.7 Å². The molecule has 0 atom stereocenters. The molecule has 0 aliphatic rings. The second kappa shape index (κ2) is 6.42. The number of aliphatic carboxylic acids is 1. The van der Waals surface area contributed by atoms with E-state index in [2.05, 4.69) is 0 Å². The van der Waals surface area contributed by atoms with Crippen LogP contribution in [0.15, 0.2) is 42.5 Å². The highest BCUT2D eigenvalue weighted by atomic mass is 35.5. The first-order chi connectivity index (χ1) is 10.7. The number of carbonyl (C=O) groups is 2. The van der Waals surface area contributed by atoms with E-state index in [1.807, 2.05) is 0 Å². The quantitative estimate of drug-likeness (QED) is 0.648. The molecule has 23 heavy (non-hydrogen) atoms. The number of carboxylic acid groups (broad SMARTS) is 1. The summed E-state index contributed by atoms with van der Waals surface area (Å²) in [5.41, 5.74) is -0.227. The molecule has 3 nitrogen and oxygen atoms in total. The van der Waals surface area contributed by atoms with E-state index < -0.39 is 34.9 Å². The largest absolute Gasteiger partial charge is 0.481 e. The topological polar surface area (TPSA) is 54.4 Å². The van der Waals surface area contributed by atoms with Crippen molar-refractivity contribution in [1.82, 2.24) is 0 Å². The monoisotopic (exact) mass is 342 g/mol. The number of benzene rings is 2. The maximum atomic E-state index is 12.7. The summed E-state index contributed by atoms with van der Waals surface area (Å²) in [6.45, 7) is 0. The molecule has 0 heterocycles. The van der Waals surface area contributed by atoms with E-state index >= 15 is 0 Å². The lowest BCUT2D eigenvalue weighted by molar-refractivity contribution is -0.137. The van der Waals surface area contributed by atoms with Crippen molar-refractivity contribution in [3.8, 4) is 11.1 Å². The van der Waals surface area contributed by atoms with Gasteiger partial charge >= 0.3 is 12.1 Å². The lowest BCUT2D eigenvalue weighted by atomic mass is 9.95. The Labute approximate surface area is 134 Å². The van der Waals surface area contributed by atoms with Gasteiger partial charge in [0.2, 0.25) is 0 Å². The van der Waals surface area contributed by atoms with Gasteiger partial charge in [0.1, 0.15) is 6.42 Å². The van der Waals surface area contributed by atoms with Crippen molar-refractivity contribution in [2.45, 2.75) is 12.6 Å². The van der Waals surface area contributed by atoms with Crippen LogP contribution in [0.1, 0.15) is 22.3 Å². The van der Waals surface area contributed by atoms with Crippen LogP contribution in [0.5, 0.6) is 0 Å². The second-order valence-electron chi connectivity index (χ2n) is 4.73. The Morgan fingerprint density at radius 2 is 1.74 bits per heavy atom. The van der Waals surface area contributed by atoms with Gasteiger partial charge in [-0.2, -0.15) is 13.2 Å². The summed E-state index contributed by atoms with van der Waals surface area (Å²) in [7, 11) is 0. The molecule has 2 aromatic rings. The molecule has 7 heteroatoms. The van der Waals surface area contributed by atoms with E-state index in [-0.39, 0.29) is 5.56 Å². The molecule has 0 fully saturated rings. The lowest BCUT2D eigenvalue weighted by Crippen LogP contribution is -2.09. The first kappa shape index (κ1) is 17.0. The van der Waals surface area contributed by atoms with Gasteiger partial charge in [-0.05, 0) is 23.3 Å². The van der Waals surface area contributed by atoms with Crippen molar-refractivity contribution in [2.24, 2.45) is 0 Å². The Morgan fingerprint density at radius 1 is 1.09 bits per heavy atom. The van der Waals surface area contributed by atoms with Gasteiger partial charge in [0.15, 0.2) is 5.78 Å². The summed E-state index contributed by atoms with van der Waals surface area (Å²) in [6, 6.07) is 9.22. The van der Waals surface area contributed by atoms with Crippen molar-refractivity contribution in [1.29, 1.82) is 0 Å². The maximum absolute atomic E-state index is 12.7. The van der Waals surface area contributed by atoms with Crippen LogP contribution in [0.2, 0.25) is 5.02 Å². The van der Waals surface area contributed by atoms with Crippen molar-refractivity contribution in [3.05, 3.63) is 58.6 Å². The number of alkyl halides is 3. The summed E-state index contributed by atoms with van der Waals surface area (Å²) in [5.74, 6) is -1.92. The van der Waals surface area contributed by atoms with Crippen LogP contribution in [-0.4, -0.2) is 16.9 Å². The maximum Gasteiger partial charge on any atom is 0.417 e. The highest BCUT2D eigenvalue weighted by molar-refractivity contribution is 6.31. The van der Waals surface area contributed by atoms with Crippen LogP contribution < -0.4 is 0 Å². The molecule has 0 radical (unpaired) electrons. The number of rotatable bonds is 4. The molecule has 0 unspecified atom stereocenters. The standard InChI is InChI=1S/C16H10ClF3O3/c17-13-7-9(5-6-12(13)16(18,19)20)10-3-1-2-4-11(10)14(21)8-15(22)23/h1-7H,8H2,(H,22,23). The van der Waals surface area contributed by atoms with Gasteiger partial charge in [-0.25, -0.2) is 0 Å². The average Bonchev–Trinajstić information content (AvgIpc) is 2.45. The fourth-order valence-electron chi connectivity index (χ4n) is 2.12. The molecule has 0 saturated carbocycles. The fourth-order valence-corrected chi connectivity index (χ4v) is 2.41. The van der Waals surface area contributed by atoms with Gasteiger partial charge in [0.25, 0.3) is 0 Å². The fraction of sp³-hybridized carbons (Fsp3) is 0.125. The van der Waals surface area contributed by atoms with E-state index in [9.17, 15) is 22.8 Å². The number of carboxylic acids is 1. The Kier molecular flexibility index (Phi) is 4.75. The molecule has 2 aromatic carbocycles. The predicted molar refractivity (Wildman–Crippen MR) is 78.5 cm³/mol. The third-order valence-electron chi connectivity index (χ3n) is 3.12. The van der Waals surface area contributed by atoms with Gasteiger partial charge in [0, 0.05) is 5.56 Å². The van der Waals surface area contributed by atoms with Crippen LogP contribution in [-0.2, 0) is 11.0 Å². The zero-order valence-electron chi connectivity index (χ0n) is 11.5. The number of ketones is 1. The summed E-state index contributed by atoms with van der Waals surface area (Å²) in [5, 5.41) is 8.22. The van der Waals surface area contributed by atoms with E-state index in [1.165, 1.54) is 18.2 Å². The van der Waals surface area contributed by atoms with Gasteiger partial charge in [-0.1, -0.05) is 41.9 Å².